The molecular weight excluding hydrogens is 375 g/mol. The molecule has 0 aliphatic heterocycles. The lowest BCUT2D eigenvalue weighted by Crippen LogP contribution is -2.22. The van der Waals surface area contributed by atoms with Crippen molar-refractivity contribution >= 4 is 63.7 Å². The van der Waals surface area contributed by atoms with Gasteiger partial charge in [-0.15, -0.1) is 0 Å². The lowest BCUT2D eigenvalue weighted by molar-refractivity contribution is 0.454. The molecule has 0 radical (unpaired) electrons. The summed E-state index contributed by atoms with van der Waals surface area (Å²) in [5.41, 5.74) is 0. The Morgan fingerprint density at radius 2 is 1.88 bits per heavy atom. The molecule has 0 aromatic rings. The summed E-state index contributed by atoms with van der Waals surface area (Å²) in [5.74, 6) is 0. The zero-order valence-corrected chi connectivity index (χ0v) is 10.0. The molecule has 1 atom stereocenters. The minimum Gasteiger partial charge on any atom is -0.232 e. The summed E-state index contributed by atoms with van der Waals surface area (Å²) in [4.78, 5) is 0. The summed E-state index contributed by atoms with van der Waals surface area (Å²) in [7, 11) is 0. The van der Waals surface area contributed by atoms with Gasteiger partial charge in [0, 0.05) is 5.33 Å². The van der Waals surface area contributed by atoms with Gasteiger partial charge in [0.05, 0.1) is 0 Å². The van der Waals surface area contributed by atoms with Crippen LogP contribution >= 0.6 is 63.7 Å². The van der Waals surface area contributed by atoms with E-state index in [1.165, 1.54) is 0 Å². The molecular formula is C3H3Br4F. The van der Waals surface area contributed by atoms with Crippen molar-refractivity contribution < 1.29 is 4.39 Å². The zero-order valence-electron chi connectivity index (χ0n) is 3.67. The van der Waals surface area contributed by atoms with E-state index < -0.39 is 8.31 Å². The fourth-order valence-electron chi connectivity index (χ4n) is 0.0583. The topological polar surface area (TPSA) is 0 Å². The highest BCUT2D eigenvalue weighted by atomic mass is 79.9. The molecule has 0 bridgehead atoms. The van der Waals surface area contributed by atoms with Crippen molar-refractivity contribution in [3.8, 4) is 0 Å². The van der Waals surface area contributed by atoms with E-state index >= 15 is 0 Å². The molecule has 1 unspecified atom stereocenters. The Morgan fingerprint density at radius 3 is 1.88 bits per heavy atom. The van der Waals surface area contributed by atoms with Gasteiger partial charge in [-0.05, 0) is 15.9 Å². The summed E-state index contributed by atoms with van der Waals surface area (Å²) in [6.45, 7) is 0. The first-order valence-electron chi connectivity index (χ1n) is 1.72. The fraction of sp³-hybridized carbons (Fsp3) is 1.00. The molecule has 0 amide bonds. The van der Waals surface area contributed by atoms with Gasteiger partial charge in [0.2, 0.25) is 0 Å². The molecule has 0 saturated carbocycles. The molecule has 0 spiro atoms. The van der Waals surface area contributed by atoms with Gasteiger partial charge in [0.25, 0.3) is 0 Å². The Labute approximate surface area is 81.1 Å². The van der Waals surface area contributed by atoms with Crippen molar-refractivity contribution in [2.24, 2.45) is 0 Å². The number of hydrogen-bond donors (Lipinski definition) is 0. The maximum Gasteiger partial charge on any atom is 0.180 e. The van der Waals surface area contributed by atoms with Crippen LogP contribution < -0.4 is 0 Å². The number of halogens is 5. The highest BCUT2D eigenvalue weighted by Gasteiger charge is 2.30. The van der Waals surface area contributed by atoms with Gasteiger partial charge in [-0.1, -0.05) is 47.8 Å². The van der Waals surface area contributed by atoms with Gasteiger partial charge in [-0.3, -0.25) is 0 Å². The van der Waals surface area contributed by atoms with E-state index in [1.54, 1.807) is 0 Å². The van der Waals surface area contributed by atoms with Crippen molar-refractivity contribution in [2.75, 3.05) is 5.33 Å². The Bertz CT molecular complexity index is 71.7. The number of rotatable bonds is 2. The SMILES string of the molecule is FC(Br)C(Br)(Br)CBr. The molecule has 0 rings (SSSR count). The van der Waals surface area contributed by atoms with Crippen LogP contribution in [0.25, 0.3) is 0 Å². The molecule has 0 heterocycles. The second-order valence-electron chi connectivity index (χ2n) is 1.20. The van der Waals surface area contributed by atoms with Crippen LogP contribution in [-0.4, -0.2) is 13.6 Å². The van der Waals surface area contributed by atoms with Crippen molar-refractivity contribution in [3.05, 3.63) is 0 Å². The minimum absolute atomic E-state index is 0.506. The second-order valence-corrected chi connectivity index (χ2v) is 6.45. The van der Waals surface area contributed by atoms with Crippen LogP contribution in [-0.2, 0) is 0 Å². The molecule has 5 heteroatoms. The number of alkyl halides is 5. The predicted molar refractivity (Wildman–Crippen MR) is 48.2 cm³/mol. The van der Waals surface area contributed by atoms with E-state index in [2.05, 4.69) is 63.7 Å². The first kappa shape index (κ1) is 9.85. The van der Waals surface area contributed by atoms with Gasteiger partial charge >= 0.3 is 0 Å². The summed E-state index contributed by atoms with van der Waals surface area (Å²) >= 11 is 12.1. The summed E-state index contributed by atoms with van der Waals surface area (Å²) in [5, 5.41) is -0.582. The fourth-order valence-corrected chi connectivity index (χ4v) is 0.939. The third-order valence-corrected chi connectivity index (χ3v) is 6.26. The molecule has 0 saturated heterocycles. The van der Waals surface area contributed by atoms with Gasteiger partial charge < -0.3 is 0 Å². The van der Waals surface area contributed by atoms with Crippen molar-refractivity contribution in [3.63, 3.8) is 0 Å². The van der Waals surface area contributed by atoms with E-state index in [9.17, 15) is 4.39 Å². The summed E-state index contributed by atoms with van der Waals surface area (Å²) in [6.07, 6.45) is 0. The van der Waals surface area contributed by atoms with E-state index in [1.807, 2.05) is 0 Å². The van der Waals surface area contributed by atoms with Gasteiger partial charge in [-0.25, -0.2) is 4.39 Å². The maximum absolute atomic E-state index is 12.3. The molecule has 0 fully saturated rings. The normalized spacial score (nSPS) is 16.1. The first-order chi connectivity index (χ1) is 3.50. The van der Waals surface area contributed by atoms with E-state index in [-0.39, 0.29) is 0 Å². The standard InChI is InChI=1S/C3H3Br4F/c4-1-3(6,7)2(5)8/h2H,1H2. The Balaban J connectivity index is 3.71. The Morgan fingerprint density at radius 1 is 1.50 bits per heavy atom. The van der Waals surface area contributed by atoms with E-state index in [0.717, 1.165) is 0 Å². The molecule has 8 heavy (non-hydrogen) atoms. The van der Waals surface area contributed by atoms with Crippen LogP contribution in [0.3, 0.4) is 0 Å². The third kappa shape index (κ3) is 3.13. The van der Waals surface area contributed by atoms with Crippen LogP contribution in [0.15, 0.2) is 0 Å². The average molecular weight is 378 g/mol. The smallest absolute Gasteiger partial charge is 0.180 e. The Hall–Kier alpha value is 1.85. The highest BCUT2D eigenvalue weighted by molar-refractivity contribution is 9.27. The van der Waals surface area contributed by atoms with Crippen LogP contribution in [0.4, 0.5) is 4.39 Å². The molecule has 0 aliphatic carbocycles. The van der Waals surface area contributed by atoms with Gasteiger partial charge in [-0.2, -0.15) is 0 Å². The van der Waals surface area contributed by atoms with Crippen molar-refractivity contribution in [2.45, 2.75) is 8.31 Å². The summed E-state index contributed by atoms with van der Waals surface area (Å²) in [6, 6.07) is 0. The van der Waals surface area contributed by atoms with Crippen LogP contribution in [0, 0.1) is 0 Å². The minimum atomic E-state index is -1.09. The van der Waals surface area contributed by atoms with E-state index in [0.29, 0.717) is 5.33 Å². The highest BCUT2D eigenvalue weighted by Crippen LogP contribution is 2.36. The predicted octanol–water partition coefficient (Wildman–Crippen LogP) is 3.56. The van der Waals surface area contributed by atoms with Gasteiger partial charge in [0.1, 0.15) is 3.23 Å². The number of hydrogen-bond acceptors (Lipinski definition) is 0. The molecule has 0 N–H and O–H groups in total. The lowest BCUT2D eigenvalue weighted by Gasteiger charge is -2.16. The molecule has 0 nitrogen and oxygen atoms in total. The second kappa shape index (κ2) is 3.88. The lowest BCUT2D eigenvalue weighted by atomic mass is 10.5. The quantitative estimate of drug-likeness (QED) is 0.646. The van der Waals surface area contributed by atoms with Crippen LogP contribution in [0.2, 0.25) is 0 Å². The van der Waals surface area contributed by atoms with Crippen LogP contribution in [0.1, 0.15) is 0 Å². The first-order valence-corrected chi connectivity index (χ1v) is 5.35. The molecule has 0 aromatic carbocycles. The largest absolute Gasteiger partial charge is 0.232 e. The monoisotopic (exact) mass is 374 g/mol. The molecule has 50 valence electrons. The summed E-state index contributed by atoms with van der Waals surface area (Å²) < 4.78 is 11.6. The molecule has 0 aliphatic rings. The van der Waals surface area contributed by atoms with Crippen molar-refractivity contribution in [1.82, 2.24) is 0 Å². The van der Waals surface area contributed by atoms with Crippen molar-refractivity contribution in [1.29, 1.82) is 0 Å². The van der Waals surface area contributed by atoms with Crippen LogP contribution in [0.5, 0.6) is 0 Å². The van der Waals surface area contributed by atoms with E-state index in [4.69, 9.17) is 0 Å². The Kier molecular flexibility index (Phi) is 4.78. The third-order valence-electron chi connectivity index (χ3n) is 0.497. The zero-order chi connectivity index (χ0) is 6.78. The van der Waals surface area contributed by atoms with Gasteiger partial charge in [0.15, 0.2) is 5.08 Å². The molecule has 0 aromatic heterocycles. The average Bonchev–Trinajstić information content (AvgIpc) is 1.67. The maximum atomic E-state index is 12.3.